The van der Waals surface area contributed by atoms with E-state index in [-0.39, 0.29) is 0 Å². The minimum absolute atomic E-state index is 0.669. The van der Waals surface area contributed by atoms with E-state index in [1.54, 1.807) is 6.20 Å². The fourth-order valence-corrected chi connectivity index (χ4v) is 2.53. The molecule has 0 unspecified atom stereocenters. The summed E-state index contributed by atoms with van der Waals surface area (Å²) < 4.78 is 8.17. The molecule has 0 radical (unpaired) electrons. The molecule has 0 saturated heterocycles. The van der Waals surface area contributed by atoms with Gasteiger partial charge in [0.25, 0.3) is 0 Å². The highest BCUT2D eigenvalue weighted by Crippen LogP contribution is 2.22. The number of halogens is 1. The molecule has 0 atom stereocenters. The first-order valence-electron chi connectivity index (χ1n) is 6.10. The van der Waals surface area contributed by atoms with Crippen molar-refractivity contribution < 1.29 is 4.52 Å². The number of nitrogens with zero attached hydrogens (tertiary/aromatic N) is 3. The Bertz CT molecular complexity index is 492. The predicted molar refractivity (Wildman–Crippen MR) is 72.0 cm³/mol. The van der Waals surface area contributed by atoms with Crippen LogP contribution < -0.4 is 5.32 Å². The molecule has 6 heteroatoms. The van der Waals surface area contributed by atoms with Gasteiger partial charge in [-0.05, 0) is 29.3 Å². The molecule has 0 saturated carbocycles. The first-order valence-corrected chi connectivity index (χ1v) is 6.89. The summed E-state index contributed by atoms with van der Waals surface area (Å²) in [6.45, 7) is 6.50. The lowest BCUT2D eigenvalue weighted by molar-refractivity contribution is 0.371. The van der Waals surface area contributed by atoms with Crippen molar-refractivity contribution in [3.63, 3.8) is 0 Å². The van der Waals surface area contributed by atoms with Gasteiger partial charge < -0.3 is 9.84 Å². The molecule has 0 aromatic carbocycles. The number of hydrogen-bond donors (Lipinski definition) is 1. The van der Waals surface area contributed by atoms with E-state index in [9.17, 15) is 0 Å². The number of nitrogens with one attached hydrogen (secondary N) is 1. The van der Waals surface area contributed by atoms with Crippen molar-refractivity contribution in [1.29, 1.82) is 0 Å². The summed E-state index contributed by atoms with van der Waals surface area (Å²) in [5.74, 6) is 0.837. The van der Waals surface area contributed by atoms with Gasteiger partial charge in [-0.2, -0.15) is 5.10 Å². The van der Waals surface area contributed by atoms with Crippen molar-refractivity contribution in [3.8, 4) is 0 Å². The Morgan fingerprint density at radius 1 is 1.39 bits per heavy atom. The standard InChI is InChI=1S/C12H17BrN4O/c1-3-10-12(13)11(17(4-2)16-10)8-14-7-9-5-6-15-18-9/h5-6,14H,3-4,7-8H2,1-2H3. The van der Waals surface area contributed by atoms with E-state index in [2.05, 4.69) is 45.3 Å². The summed E-state index contributed by atoms with van der Waals surface area (Å²) in [4.78, 5) is 0. The van der Waals surface area contributed by atoms with Gasteiger partial charge in [-0.25, -0.2) is 0 Å². The highest BCUT2D eigenvalue weighted by Gasteiger charge is 2.13. The van der Waals surface area contributed by atoms with Crippen LogP contribution in [0.4, 0.5) is 0 Å². The molecule has 98 valence electrons. The molecule has 0 aliphatic rings. The minimum Gasteiger partial charge on any atom is -0.360 e. The molecule has 0 amide bonds. The summed E-state index contributed by atoms with van der Waals surface area (Å²) in [7, 11) is 0. The van der Waals surface area contributed by atoms with Crippen LogP contribution in [0, 0.1) is 0 Å². The molecule has 1 N–H and O–H groups in total. The molecule has 2 rings (SSSR count). The highest BCUT2D eigenvalue weighted by molar-refractivity contribution is 9.10. The van der Waals surface area contributed by atoms with Gasteiger partial charge >= 0.3 is 0 Å². The molecule has 0 spiro atoms. The van der Waals surface area contributed by atoms with Crippen LogP contribution in [-0.4, -0.2) is 14.9 Å². The fraction of sp³-hybridized carbons (Fsp3) is 0.500. The number of aromatic nitrogens is 3. The fourth-order valence-electron chi connectivity index (χ4n) is 1.82. The van der Waals surface area contributed by atoms with Gasteiger partial charge in [0.2, 0.25) is 0 Å². The van der Waals surface area contributed by atoms with Crippen LogP contribution in [0.5, 0.6) is 0 Å². The van der Waals surface area contributed by atoms with Crippen LogP contribution >= 0.6 is 15.9 Å². The summed E-state index contributed by atoms with van der Waals surface area (Å²) in [5, 5.41) is 11.6. The van der Waals surface area contributed by atoms with E-state index in [0.29, 0.717) is 6.54 Å². The van der Waals surface area contributed by atoms with Crippen molar-refractivity contribution in [3.05, 3.63) is 33.9 Å². The van der Waals surface area contributed by atoms with E-state index in [4.69, 9.17) is 4.52 Å². The Hall–Kier alpha value is -1.14. The molecule has 0 aliphatic heterocycles. The third-order valence-corrected chi connectivity index (χ3v) is 3.69. The van der Waals surface area contributed by atoms with Crippen molar-refractivity contribution in [1.82, 2.24) is 20.3 Å². The first-order chi connectivity index (χ1) is 8.76. The van der Waals surface area contributed by atoms with Crippen LogP contribution in [0.25, 0.3) is 0 Å². The SMILES string of the molecule is CCc1nn(CC)c(CNCc2ccno2)c1Br. The van der Waals surface area contributed by atoms with E-state index in [1.165, 1.54) is 5.69 Å². The van der Waals surface area contributed by atoms with E-state index in [0.717, 1.165) is 35.4 Å². The highest BCUT2D eigenvalue weighted by atomic mass is 79.9. The number of aryl methyl sites for hydroxylation is 2. The van der Waals surface area contributed by atoms with Crippen LogP contribution in [0.15, 0.2) is 21.3 Å². The Morgan fingerprint density at radius 3 is 2.83 bits per heavy atom. The maximum absolute atomic E-state index is 5.04. The largest absolute Gasteiger partial charge is 0.360 e. The van der Waals surface area contributed by atoms with Gasteiger partial charge in [0.15, 0.2) is 0 Å². The predicted octanol–water partition coefficient (Wildman–Crippen LogP) is 2.51. The Kier molecular flexibility index (Phi) is 4.54. The monoisotopic (exact) mass is 312 g/mol. The molecule has 5 nitrogen and oxygen atoms in total. The molecule has 0 aliphatic carbocycles. The smallest absolute Gasteiger partial charge is 0.150 e. The maximum Gasteiger partial charge on any atom is 0.150 e. The van der Waals surface area contributed by atoms with E-state index >= 15 is 0 Å². The summed E-state index contributed by atoms with van der Waals surface area (Å²) >= 11 is 3.62. The average molecular weight is 313 g/mol. The third kappa shape index (κ3) is 2.81. The van der Waals surface area contributed by atoms with Crippen molar-refractivity contribution in [2.75, 3.05) is 0 Å². The zero-order valence-corrected chi connectivity index (χ0v) is 12.2. The molecular weight excluding hydrogens is 296 g/mol. The zero-order chi connectivity index (χ0) is 13.0. The lowest BCUT2D eigenvalue weighted by Crippen LogP contribution is -2.16. The van der Waals surface area contributed by atoms with Gasteiger partial charge in [-0.15, -0.1) is 0 Å². The summed E-state index contributed by atoms with van der Waals surface area (Å²) in [5.41, 5.74) is 2.28. The van der Waals surface area contributed by atoms with Gasteiger partial charge in [0.1, 0.15) is 5.76 Å². The van der Waals surface area contributed by atoms with Crippen LogP contribution in [0.1, 0.15) is 31.0 Å². The van der Waals surface area contributed by atoms with E-state index < -0.39 is 0 Å². The molecule has 0 bridgehead atoms. The molecule has 2 heterocycles. The van der Waals surface area contributed by atoms with Crippen molar-refractivity contribution in [2.24, 2.45) is 0 Å². The van der Waals surface area contributed by atoms with Gasteiger partial charge in [-0.3, -0.25) is 4.68 Å². The number of hydrogen-bond acceptors (Lipinski definition) is 4. The van der Waals surface area contributed by atoms with Crippen molar-refractivity contribution >= 4 is 15.9 Å². The van der Waals surface area contributed by atoms with Crippen LogP contribution in [-0.2, 0) is 26.1 Å². The van der Waals surface area contributed by atoms with E-state index in [1.807, 2.05) is 10.7 Å². The van der Waals surface area contributed by atoms with Crippen molar-refractivity contribution in [2.45, 2.75) is 39.9 Å². The zero-order valence-electron chi connectivity index (χ0n) is 10.6. The second-order valence-corrected chi connectivity index (χ2v) is 4.75. The lowest BCUT2D eigenvalue weighted by atomic mass is 10.3. The number of rotatable bonds is 6. The molecule has 18 heavy (non-hydrogen) atoms. The first kappa shape index (κ1) is 13.3. The van der Waals surface area contributed by atoms with Gasteiger partial charge in [0, 0.05) is 19.2 Å². The Labute approximate surface area is 115 Å². The van der Waals surface area contributed by atoms with Gasteiger partial charge in [0.05, 0.1) is 28.6 Å². The summed E-state index contributed by atoms with van der Waals surface area (Å²) in [6, 6.07) is 1.86. The molecular formula is C12H17BrN4O. The third-order valence-electron chi connectivity index (χ3n) is 2.78. The molecule has 0 fully saturated rings. The van der Waals surface area contributed by atoms with Crippen LogP contribution in [0.3, 0.4) is 0 Å². The van der Waals surface area contributed by atoms with Gasteiger partial charge in [-0.1, -0.05) is 12.1 Å². The van der Waals surface area contributed by atoms with Crippen LogP contribution in [0.2, 0.25) is 0 Å². The molecule has 2 aromatic heterocycles. The lowest BCUT2D eigenvalue weighted by Gasteiger charge is -2.06. The maximum atomic E-state index is 5.04. The topological polar surface area (TPSA) is 55.9 Å². The summed E-state index contributed by atoms with van der Waals surface area (Å²) in [6.07, 6.45) is 2.58. The quantitative estimate of drug-likeness (QED) is 0.890. The second-order valence-electron chi connectivity index (χ2n) is 3.96. The Balaban J connectivity index is 2.01. The molecule has 2 aromatic rings. The second kappa shape index (κ2) is 6.15. The Morgan fingerprint density at radius 2 is 2.22 bits per heavy atom. The average Bonchev–Trinajstić information content (AvgIpc) is 2.99. The normalized spacial score (nSPS) is 11.1. The minimum atomic E-state index is 0.669.